The van der Waals surface area contributed by atoms with E-state index in [1.165, 1.54) is 0 Å². The third-order valence-electron chi connectivity index (χ3n) is 0. The average Bonchev–Trinajstić information content (AvgIpc) is 1.19. The summed E-state index contributed by atoms with van der Waals surface area (Å²) in [4.78, 5) is 48.4. The molecule has 0 bridgehead atoms. The van der Waals surface area contributed by atoms with Crippen LogP contribution in [0.3, 0.4) is 0 Å². The maximum absolute atomic E-state index is 8.77. The van der Waals surface area contributed by atoms with Crippen molar-refractivity contribution >= 4 is 16.4 Å². The Morgan fingerprint density at radius 1 is 1.20 bits per heavy atom. The van der Waals surface area contributed by atoms with E-state index in [-0.39, 0.29) is 26.2 Å². The maximum Gasteiger partial charge on any atom is 4.00 e. The van der Waals surface area contributed by atoms with E-state index in [9.17, 15) is 0 Å². The van der Waals surface area contributed by atoms with Crippen LogP contribution in [0.1, 0.15) is 0 Å². The largest absolute Gasteiger partial charge is 4.00 e. The zero-order valence-electron chi connectivity index (χ0n) is 4.33. The third-order valence-corrected chi connectivity index (χ3v) is 0. The van der Waals surface area contributed by atoms with E-state index < -0.39 is 16.4 Å². The molecule has 0 spiro atoms. The van der Waals surface area contributed by atoms with Crippen LogP contribution in [0.4, 0.5) is 0 Å². The van der Waals surface area contributed by atoms with E-state index in [0.29, 0.717) is 0 Å². The van der Waals surface area contributed by atoms with Crippen LogP contribution in [0.2, 0.25) is 0 Å². The molecule has 0 fully saturated rings. The Bertz CT molecular complexity index is 82.8. The van der Waals surface area contributed by atoms with Crippen molar-refractivity contribution < 1.29 is 60.1 Å². The van der Waals surface area contributed by atoms with Crippen LogP contribution in [-0.4, -0.2) is 9.79 Å². The van der Waals surface area contributed by atoms with Crippen molar-refractivity contribution in [3.05, 3.63) is 0 Å². The van der Waals surface area contributed by atoms with Crippen LogP contribution in [0, 0.1) is 0 Å². The van der Waals surface area contributed by atoms with Crippen LogP contribution in [0.5, 0.6) is 0 Å². The molecular weight excluding hydrogens is 265 g/mol. The third kappa shape index (κ3) is 378. The van der Waals surface area contributed by atoms with Gasteiger partial charge in [0.15, 0.2) is 0 Å². The fourth-order valence-electron chi connectivity index (χ4n) is 0. The van der Waals surface area contributed by atoms with Gasteiger partial charge >= 0.3 is 26.2 Å². The predicted octanol–water partition coefficient (Wildman–Crippen LogP) is -4.27. The molecule has 0 aromatic heterocycles. The van der Waals surface area contributed by atoms with Gasteiger partial charge in [-0.05, 0) is 0 Å². The van der Waals surface area contributed by atoms with Crippen LogP contribution < -0.4 is 19.6 Å². The normalized spacial score (nSPS) is 9.50. The SMILES string of the molecule is O=P([O-])(O)O.[O-]P([O-])[O-].[Zr+4]. The van der Waals surface area contributed by atoms with Crippen LogP contribution in [0.15, 0.2) is 0 Å². The minimum absolute atomic E-state index is 0. The van der Waals surface area contributed by atoms with Crippen molar-refractivity contribution in [3.63, 3.8) is 0 Å². The van der Waals surface area contributed by atoms with Gasteiger partial charge in [-0.3, -0.25) is 4.57 Å². The van der Waals surface area contributed by atoms with Crippen LogP contribution in [-0.2, 0) is 30.8 Å². The molecular formula is H2O7P2Zr. The summed E-state index contributed by atoms with van der Waals surface area (Å²) < 4.78 is 8.77. The molecule has 0 heterocycles. The predicted molar refractivity (Wildman–Crippen MR) is 19.0 cm³/mol. The fourth-order valence-corrected chi connectivity index (χ4v) is 0. The van der Waals surface area contributed by atoms with Crippen LogP contribution in [0.25, 0.3) is 0 Å². The standard InChI is InChI=1S/H3O4P.O3P.Zr/c1-5(2,3)4;1-4(2)3;/h(H3,1,2,3,4);;/q;-3;+4/p-1. The Morgan fingerprint density at radius 2 is 1.20 bits per heavy atom. The second-order valence-electron chi connectivity index (χ2n) is 0.714. The summed E-state index contributed by atoms with van der Waals surface area (Å²) in [7, 11) is -8.26. The first-order valence-corrected chi connectivity index (χ1v) is 3.94. The Labute approximate surface area is 76.7 Å². The molecule has 0 unspecified atom stereocenters. The quantitative estimate of drug-likeness (QED) is 0.422. The van der Waals surface area contributed by atoms with Gasteiger partial charge in [-0.25, -0.2) is 0 Å². The number of hydrogen-bond acceptors (Lipinski definition) is 5. The minimum atomic E-state index is -4.89. The summed E-state index contributed by atoms with van der Waals surface area (Å²) in [6, 6.07) is 0. The zero-order valence-corrected chi connectivity index (χ0v) is 8.58. The van der Waals surface area contributed by atoms with Gasteiger partial charge in [0.25, 0.3) is 7.82 Å². The van der Waals surface area contributed by atoms with Crippen molar-refractivity contribution in [2.24, 2.45) is 0 Å². The summed E-state index contributed by atoms with van der Waals surface area (Å²) in [5, 5.41) is 0. The zero-order chi connectivity index (χ0) is 8.08. The smallest absolute Gasteiger partial charge is 0.854 e. The molecule has 0 aromatic carbocycles. The summed E-state index contributed by atoms with van der Waals surface area (Å²) >= 11 is 0. The van der Waals surface area contributed by atoms with Crippen molar-refractivity contribution in [1.29, 1.82) is 0 Å². The number of phosphoric acid groups is 1. The van der Waals surface area contributed by atoms with Gasteiger partial charge in [-0.2, -0.15) is 0 Å². The Hall–Kier alpha value is 1.30. The van der Waals surface area contributed by atoms with Gasteiger partial charge < -0.3 is 38.0 Å². The van der Waals surface area contributed by atoms with Gasteiger partial charge in [0.2, 0.25) is 0 Å². The van der Waals surface area contributed by atoms with Gasteiger partial charge in [0.05, 0.1) is 0 Å². The molecule has 0 saturated heterocycles. The Balaban J connectivity index is -0.0000000910. The molecule has 2 N–H and O–H groups in total. The molecule has 0 aliphatic heterocycles. The molecule has 0 aliphatic carbocycles. The van der Waals surface area contributed by atoms with Crippen molar-refractivity contribution in [1.82, 2.24) is 0 Å². The Morgan fingerprint density at radius 3 is 1.20 bits per heavy atom. The average molecular weight is 267 g/mol. The van der Waals surface area contributed by atoms with E-state index >= 15 is 0 Å². The van der Waals surface area contributed by atoms with Crippen molar-refractivity contribution in [2.75, 3.05) is 0 Å². The molecule has 0 saturated carbocycles. The van der Waals surface area contributed by atoms with Crippen molar-refractivity contribution in [3.8, 4) is 0 Å². The van der Waals surface area contributed by atoms with Crippen LogP contribution >= 0.6 is 16.4 Å². The molecule has 0 rings (SSSR count). The molecule has 58 valence electrons. The molecule has 0 amide bonds. The summed E-state index contributed by atoms with van der Waals surface area (Å²) in [5.74, 6) is 0. The first-order chi connectivity index (χ1) is 3.73. The molecule has 0 aliphatic rings. The van der Waals surface area contributed by atoms with E-state index in [4.69, 9.17) is 33.9 Å². The topological polar surface area (TPSA) is 150 Å². The Kier molecular flexibility index (Phi) is 14.6. The second-order valence-corrected chi connectivity index (χ2v) is 2.14. The first-order valence-electron chi connectivity index (χ1n) is 1.31. The second kappa shape index (κ2) is 8.40. The van der Waals surface area contributed by atoms with Crippen molar-refractivity contribution in [2.45, 2.75) is 0 Å². The molecule has 7 nitrogen and oxygen atoms in total. The molecule has 10 heteroatoms. The molecule has 0 atom stereocenters. The van der Waals surface area contributed by atoms with Gasteiger partial charge in [0, 0.05) is 0 Å². The van der Waals surface area contributed by atoms with Gasteiger partial charge in [-0.15, -0.1) is 0 Å². The fraction of sp³-hybridized carbons (Fsp3) is 0. The van der Waals surface area contributed by atoms with E-state index in [2.05, 4.69) is 0 Å². The first kappa shape index (κ1) is 17.4. The minimum Gasteiger partial charge on any atom is -0.854 e. The number of hydrogen-bond donors (Lipinski definition) is 2. The summed E-state index contributed by atoms with van der Waals surface area (Å²) in [6.45, 7) is 0. The monoisotopic (exact) mass is 266 g/mol. The van der Waals surface area contributed by atoms with E-state index in [1.807, 2.05) is 0 Å². The maximum atomic E-state index is 8.77. The van der Waals surface area contributed by atoms with Gasteiger partial charge in [0.1, 0.15) is 0 Å². The molecule has 10 heavy (non-hydrogen) atoms. The summed E-state index contributed by atoms with van der Waals surface area (Å²) in [6.07, 6.45) is 0. The molecule has 0 radical (unpaired) electrons. The number of rotatable bonds is 0. The van der Waals surface area contributed by atoms with E-state index in [0.717, 1.165) is 0 Å². The summed E-state index contributed by atoms with van der Waals surface area (Å²) in [5.41, 5.74) is 0. The van der Waals surface area contributed by atoms with E-state index in [1.54, 1.807) is 0 Å². The van der Waals surface area contributed by atoms with Gasteiger partial charge in [-0.1, -0.05) is 0 Å². The molecule has 0 aromatic rings.